The Kier molecular flexibility index (Phi) is 2.80. The van der Waals surface area contributed by atoms with Gasteiger partial charge in [-0.2, -0.15) is 0 Å². The summed E-state index contributed by atoms with van der Waals surface area (Å²) < 4.78 is 0. The zero-order valence-corrected chi connectivity index (χ0v) is 12.2. The van der Waals surface area contributed by atoms with Gasteiger partial charge in [0.2, 0.25) is 5.91 Å². The third-order valence-electron chi connectivity index (χ3n) is 5.19. The number of amides is 1. The molecule has 1 heterocycles. The van der Waals surface area contributed by atoms with Crippen LogP contribution in [0.3, 0.4) is 0 Å². The molecule has 5 heteroatoms. The first kappa shape index (κ1) is 13.1. The predicted octanol–water partition coefficient (Wildman–Crippen LogP) is 2.30. The minimum absolute atomic E-state index is 0.0152. The van der Waals surface area contributed by atoms with Crippen LogP contribution in [0, 0.1) is 11.8 Å². The van der Waals surface area contributed by atoms with E-state index >= 15 is 0 Å². The fourth-order valence-electron chi connectivity index (χ4n) is 4.20. The highest BCUT2D eigenvalue weighted by atomic mass is 35.5. The third kappa shape index (κ3) is 1.89. The van der Waals surface area contributed by atoms with Gasteiger partial charge in [0.25, 0.3) is 0 Å². The molecule has 1 aromatic rings. The molecule has 4 unspecified atom stereocenters. The Balaban J connectivity index is 1.54. The van der Waals surface area contributed by atoms with E-state index in [4.69, 9.17) is 11.6 Å². The van der Waals surface area contributed by atoms with Crippen LogP contribution in [-0.4, -0.2) is 34.5 Å². The van der Waals surface area contributed by atoms with Gasteiger partial charge in [-0.1, -0.05) is 17.7 Å². The van der Waals surface area contributed by atoms with Crippen molar-refractivity contribution in [2.24, 2.45) is 11.8 Å². The molecule has 2 aliphatic carbocycles. The molecule has 4 nitrogen and oxygen atoms in total. The summed E-state index contributed by atoms with van der Waals surface area (Å²) in [7, 11) is 0. The normalized spacial score (nSPS) is 32.7. The van der Waals surface area contributed by atoms with Crippen LogP contribution in [0.4, 0.5) is 0 Å². The molecule has 1 N–H and O–H groups in total. The molecule has 110 valence electrons. The summed E-state index contributed by atoms with van der Waals surface area (Å²) in [5, 5.41) is 9.96. The summed E-state index contributed by atoms with van der Waals surface area (Å²) >= 11 is 6.00. The Morgan fingerprint density at radius 3 is 2.90 bits per heavy atom. The van der Waals surface area contributed by atoms with Gasteiger partial charge in [-0.15, -0.1) is 0 Å². The summed E-state index contributed by atoms with van der Waals surface area (Å²) in [5.41, 5.74) is 2.48. The highest BCUT2D eigenvalue weighted by molar-refractivity contribution is 6.30. The highest BCUT2D eigenvalue weighted by Gasteiger charge is 2.61. The van der Waals surface area contributed by atoms with Crippen molar-refractivity contribution in [1.82, 2.24) is 4.90 Å². The number of fused-ring (bicyclic) bond motifs is 3. The zero-order chi connectivity index (χ0) is 14.7. The average Bonchev–Trinajstić information content (AvgIpc) is 2.85. The van der Waals surface area contributed by atoms with Crippen molar-refractivity contribution >= 4 is 23.5 Å². The molecule has 2 fully saturated rings. The van der Waals surface area contributed by atoms with E-state index in [1.807, 2.05) is 18.2 Å². The molecule has 0 spiro atoms. The Bertz CT molecular complexity index is 644. The Labute approximate surface area is 127 Å². The van der Waals surface area contributed by atoms with E-state index in [0.717, 1.165) is 17.9 Å². The molecule has 0 radical (unpaired) electrons. The minimum atomic E-state index is -0.876. The molecule has 0 bridgehead atoms. The lowest BCUT2D eigenvalue weighted by molar-refractivity contribution is -0.148. The molecule has 1 saturated heterocycles. The number of nitrogens with zero attached hydrogens (tertiary/aromatic N) is 1. The first-order valence-corrected chi connectivity index (χ1v) is 7.77. The van der Waals surface area contributed by atoms with E-state index in [1.165, 1.54) is 11.1 Å². The quantitative estimate of drug-likeness (QED) is 0.912. The van der Waals surface area contributed by atoms with Crippen molar-refractivity contribution in [3.8, 4) is 0 Å². The fourth-order valence-corrected chi connectivity index (χ4v) is 4.39. The highest BCUT2D eigenvalue weighted by Crippen LogP contribution is 2.62. The summed E-state index contributed by atoms with van der Waals surface area (Å²) in [6.45, 7) is 0.583. The maximum absolute atomic E-state index is 12.6. The van der Waals surface area contributed by atoms with E-state index in [2.05, 4.69) is 0 Å². The van der Waals surface area contributed by atoms with Crippen molar-refractivity contribution in [3.05, 3.63) is 34.3 Å². The topological polar surface area (TPSA) is 57.6 Å². The molecule has 3 aliphatic rings. The summed E-state index contributed by atoms with van der Waals surface area (Å²) in [6, 6.07) is 5.26. The second-order valence-corrected chi connectivity index (χ2v) is 6.73. The van der Waals surface area contributed by atoms with Crippen molar-refractivity contribution < 1.29 is 14.7 Å². The van der Waals surface area contributed by atoms with Crippen LogP contribution in [0.25, 0.3) is 0 Å². The van der Waals surface area contributed by atoms with E-state index in [-0.39, 0.29) is 17.7 Å². The van der Waals surface area contributed by atoms with Gasteiger partial charge >= 0.3 is 5.97 Å². The van der Waals surface area contributed by atoms with Crippen LogP contribution in [0.5, 0.6) is 0 Å². The van der Waals surface area contributed by atoms with Gasteiger partial charge in [-0.05, 0) is 54.4 Å². The molecular formula is C16H16ClNO3. The number of carboxylic acids is 1. The number of carboxylic acid groups (broad SMARTS) is 1. The zero-order valence-electron chi connectivity index (χ0n) is 11.5. The molecule has 1 aromatic carbocycles. The van der Waals surface area contributed by atoms with Gasteiger partial charge in [-0.25, -0.2) is 4.79 Å². The van der Waals surface area contributed by atoms with Crippen LogP contribution in [0.15, 0.2) is 18.2 Å². The fraction of sp³-hybridized carbons (Fsp3) is 0.500. The maximum Gasteiger partial charge on any atom is 0.326 e. The second kappa shape index (κ2) is 4.47. The summed E-state index contributed by atoms with van der Waals surface area (Å²) in [4.78, 5) is 25.5. The number of carbonyl (C=O) groups excluding carboxylic acids is 1. The molecule has 1 amide bonds. The third-order valence-corrected chi connectivity index (χ3v) is 5.43. The lowest BCUT2D eigenvalue weighted by Crippen LogP contribution is -2.41. The maximum atomic E-state index is 12.6. The van der Waals surface area contributed by atoms with Crippen molar-refractivity contribution in [2.75, 3.05) is 6.54 Å². The number of hydrogen-bond acceptors (Lipinski definition) is 2. The molecule has 21 heavy (non-hydrogen) atoms. The van der Waals surface area contributed by atoms with Gasteiger partial charge in [-0.3, -0.25) is 4.79 Å². The molecule has 1 saturated carbocycles. The van der Waals surface area contributed by atoms with E-state index in [0.29, 0.717) is 18.9 Å². The number of halogens is 1. The van der Waals surface area contributed by atoms with Gasteiger partial charge in [0.1, 0.15) is 6.04 Å². The molecule has 4 atom stereocenters. The first-order valence-electron chi connectivity index (χ1n) is 7.39. The number of benzene rings is 1. The van der Waals surface area contributed by atoms with Crippen LogP contribution in [0.2, 0.25) is 5.02 Å². The van der Waals surface area contributed by atoms with Crippen LogP contribution in [0.1, 0.15) is 29.9 Å². The number of rotatable bonds is 2. The lowest BCUT2D eigenvalue weighted by Gasteiger charge is -2.22. The number of carbonyl (C=O) groups is 2. The van der Waals surface area contributed by atoms with Crippen molar-refractivity contribution in [2.45, 2.75) is 31.2 Å². The van der Waals surface area contributed by atoms with Gasteiger partial charge in [0.05, 0.1) is 0 Å². The molecule has 4 rings (SSSR count). The van der Waals surface area contributed by atoms with Crippen molar-refractivity contribution in [3.63, 3.8) is 0 Å². The van der Waals surface area contributed by atoms with Crippen LogP contribution >= 0.6 is 11.6 Å². The van der Waals surface area contributed by atoms with E-state index in [9.17, 15) is 14.7 Å². The SMILES string of the molecule is O=C(O)C1CCCN1C(=O)C1C2Cc3cc(Cl)ccc3C21. The minimum Gasteiger partial charge on any atom is -0.480 e. The van der Waals surface area contributed by atoms with E-state index < -0.39 is 12.0 Å². The lowest BCUT2D eigenvalue weighted by atomic mass is 10.0. The smallest absolute Gasteiger partial charge is 0.326 e. The summed E-state index contributed by atoms with van der Waals surface area (Å²) in [5.74, 6) is -0.228. The van der Waals surface area contributed by atoms with E-state index in [1.54, 1.807) is 4.90 Å². The molecule has 0 aromatic heterocycles. The average molecular weight is 306 g/mol. The van der Waals surface area contributed by atoms with Gasteiger partial charge in [0.15, 0.2) is 0 Å². The van der Waals surface area contributed by atoms with Crippen molar-refractivity contribution in [1.29, 1.82) is 0 Å². The second-order valence-electron chi connectivity index (χ2n) is 6.29. The largest absolute Gasteiger partial charge is 0.480 e. The Morgan fingerprint density at radius 1 is 1.33 bits per heavy atom. The Morgan fingerprint density at radius 2 is 2.14 bits per heavy atom. The van der Waals surface area contributed by atoms with Crippen LogP contribution in [-0.2, 0) is 16.0 Å². The standard InChI is InChI=1S/C16H16ClNO3/c17-9-3-4-10-8(6-9)7-11-13(10)14(11)15(19)18-5-1-2-12(18)16(20)21/h3-4,6,11-14H,1-2,5,7H2,(H,20,21). The Hall–Kier alpha value is -1.55. The number of likely N-dealkylation sites (tertiary alicyclic amines) is 1. The molecule has 1 aliphatic heterocycles. The van der Waals surface area contributed by atoms with Crippen LogP contribution < -0.4 is 0 Å². The summed E-state index contributed by atoms with van der Waals surface area (Å²) in [6.07, 6.45) is 2.26. The number of aliphatic carboxylic acids is 1. The molecular weight excluding hydrogens is 290 g/mol. The monoisotopic (exact) mass is 305 g/mol. The number of hydrogen-bond donors (Lipinski definition) is 1. The van der Waals surface area contributed by atoms with Gasteiger partial charge in [0, 0.05) is 17.5 Å². The van der Waals surface area contributed by atoms with Gasteiger partial charge < -0.3 is 10.0 Å². The predicted molar refractivity (Wildman–Crippen MR) is 77.2 cm³/mol. The first-order chi connectivity index (χ1) is 10.1.